The molecule has 164 valence electrons. The average Bonchev–Trinajstić information content (AvgIpc) is 3.25. The monoisotopic (exact) mass is 431 g/mol. The molecule has 4 rings (SSSR count). The van der Waals surface area contributed by atoms with E-state index in [0.29, 0.717) is 23.4 Å². The minimum absolute atomic E-state index is 0.103. The Kier molecular flexibility index (Phi) is 5.91. The van der Waals surface area contributed by atoms with Gasteiger partial charge in [-0.3, -0.25) is 10.00 Å². The highest BCUT2D eigenvalue weighted by Crippen LogP contribution is 2.36. The smallest absolute Gasteiger partial charge is 0.416 e. The van der Waals surface area contributed by atoms with Gasteiger partial charge in [0.2, 0.25) is 0 Å². The van der Waals surface area contributed by atoms with Crippen LogP contribution < -0.4 is 4.74 Å². The maximum Gasteiger partial charge on any atom is 0.416 e. The number of methoxy groups -OCH3 is 1. The third-order valence-corrected chi connectivity index (χ3v) is 5.73. The molecule has 0 saturated carbocycles. The molecule has 0 bridgehead atoms. The summed E-state index contributed by atoms with van der Waals surface area (Å²) in [6, 6.07) is 10.7. The van der Waals surface area contributed by atoms with Gasteiger partial charge in [0.05, 0.1) is 18.9 Å². The Labute approximate surface area is 178 Å². The molecule has 1 aliphatic rings. The van der Waals surface area contributed by atoms with Crippen molar-refractivity contribution in [3.63, 3.8) is 0 Å². The molecule has 1 atom stereocenters. The predicted molar refractivity (Wildman–Crippen MR) is 111 cm³/mol. The molecule has 2 N–H and O–H groups in total. The molecular weight excluding hydrogens is 407 g/mol. The summed E-state index contributed by atoms with van der Waals surface area (Å²) in [5.74, 6) is 0.678. The Hall–Kier alpha value is -3.00. The Balaban J connectivity index is 1.53. The number of nitrogens with zero attached hydrogens (tertiary/aromatic N) is 2. The summed E-state index contributed by atoms with van der Waals surface area (Å²) in [6.45, 7) is 2.38. The highest BCUT2D eigenvalue weighted by atomic mass is 19.4. The second-order valence-corrected chi connectivity index (χ2v) is 7.86. The number of ether oxygens (including phenoxy) is 1. The molecular formula is C23H24F3N3O2. The molecule has 8 heteroatoms. The second kappa shape index (κ2) is 8.63. The molecule has 1 aliphatic heterocycles. The largest absolute Gasteiger partial charge is 0.504 e. The number of phenols is 1. The second-order valence-electron chi connectivity index (χ2n) is 7.86. The number of alkyl halides is 3. The lowest BCUT2D eigenvalue weighted by Gasteiger charge is -2.32. The minimum Gasteiger partial charge on any atom is -0.504 e. The maximum absolute atomic E-state index is 13.1. The fourth-order valence-electron chi connectivity index (χ4n) is 4.21. The summed E-state index contributed by atoms with van der Waals surface area (Å²) >= 11 is 0. The molecule has 5 nitrogen and oxygen atoms in total. The molecule has 1 fully saturated rings. The normalized spacial score (nSPS) is 17.6. The summed E-state index contributed by atoms with van der Waals surface area (Å²) in [5.41, 5.74) is 2.46. The number of piperidine rings is 1. The van der Waals surface area contributed by atoms with Gasteiger partial charge in [0, 0.05) is 30.3 Å². The zero-order chi connectivity index (χ0) is 22.0. The van der Waals surface area contributed by atoms with Crippen molar-refractivity contribution in [2.45, 2.75) is 31.5 Å². The quantitative estimate of drug-likeness (QED) is 0.584. The van der Waals surface area contributed by atoms with Crippen LogP contribution in [0.25, 0.3) is 11.1 Å². The molecule has 31 heavy (non-hydrogen) atoms. The third-order valence-electron chi connectivity index (χ3n) is 5.73. The number of benzene rings is 2. The van der Waals surface area contributed by atoms with Crippen molar-refractivity contribution in [1.29, 1.82) is 0 Å². The summed E-state index contributed by atoms with van der Waals surface area (Å²) < 4.78 is 44.6. The summed E-state index contributed by atoms with van der Waals surface area (Å²) in [7, 11) is 1.52. The molecule has 0 radical (unpaired) electrons. The van der Waals surface area contributed by atoms with Gasteiger partial charge in [-0.1, -0.05) is 18.2 Å². The lowest BCUT2D eigenvalue weighted by molar-refractivity contribution is -0.137. The van der Waals surface area contributed by atoms with E-state index in [1.807, 2.05) is 12.1 Å². The average molecular weight is 431 g/mol. The number of aromatic amines is 1. The number of halogens is 3. The fourth-order valence-corrected chi connectivity index (χ4v) is 4.21. The number of nitrogens with one attached hydrogen (secondary N) is 1. The lowest BCUT2D eigenvalue weighted by Crippen LogP contribution is -2.34. The highest BCUT2D eigenvalue weighted by molar-refractivity contribution is 5.66. The van der Waals surface area contributed by atoms with E-state index in [9.17, 15) is 18.3 Å². The van der Waals surface area contributed by atoms with Crippen LogP contribution in [0.5, 0.6) is 11.5 Å². The standard InChI is InChI=1S/C23H24F3N3O2/c1-31-21-10-15(7-8-20(21)30)13-29-9-3-5-17(14-29)22-19(12-27-28-22)16-4-2-6-18(11-16)23(24,25)26/h2,4,6-8,10-12,17,30H,3,5,9,13-14H2,1H3,(H,27,28)/t17-/m0/s1. The Bertz CT molecular complexity index is 1050. The topological polar surface area (TPSA) is 61.4 Å². The Morgan fingerprint density at radius 3 is 2.84 bits per heavy atom. The first-order valence-electron chi connectivity index (χ1n) is 10.1. The first kappa shape index (κ1) is 21.2. The van der Waals surface area contributed by atoms with Crippen molar-refractivity contribution >= 4 is 0 Å². The lowest BCUT2D eigenvalue weighted by atomic mass is 9.90. The van der Waals surface area contributed by atoms with E-state index < -0.39 is 11.7 Å². The summed E-state index contributed by atoms with van der Waals surface area (Å²) in [5, 5.41) is 17.0. The van der Waals surface area contributed by atoms with Crippen LogP contribution >= 0.6 is 0 Å². The van der Waals surface area contributed by atoms with E-state index in [0.717, 1.165) is 43.3 Å². The molecule has 0 aliphatic carbocycles. The van der Waals surface area contributed by atoms with Gasteiger partial charge >= 0.3 is 6.18 Å². The van der Waals surface area contributed by atoms with Gasteiger partial charge in [-0.05, 0) is 54.8 Å². The first-order chi connectivity index (χ1) is 14.8. The van der Waals surface area contributed by atoms with Gasteiger partial charge < -0.3 is 9.84 Å². The summed E-state index contributed by atoms with van der Waals surface area (Å²) in [6.07, 6.45) is -0.869. The van der Waals surface area contributed by atoms with Crippen LogP contribution in [0.4, 0.5) is 13.2 Å². The number of hydrogen-bond donors (Lipinski definition) is 2. The fraction of sp³-hybridized carbons (Fsp3) is 0.348. The number of aromatic nitrogens is 2. The molecule has 2 heterocycles. The number of rotatable bonds is 5. The molecule has 0 unspecified atom stereocenters. The van der Waals surface area contributed by atoms with Crippen molar-refractivity contribution in [3.05, 3.63) is 65.5 Å². The number of hydrogen-bond acceptors (Lipinski definition) is 4. The Morgan fingerprint density at radius 1 is 1.23 bits per heavy atom. The van der Waals surface area contributed by atoms with Crippen molar-refractivity contribution in [1.82, 2.24) is 15.1 Å². The minimum atomic E-state index is -4.38. The number of aromatic hydroxyl groups is 1. The third kappa shape index (κ3) is 4.69. The van der Waals surface area contributed by atoms with Gasteiger partial charge in [-0.2, -0.15) is 18.3 Å². The number of phenolic OH excluding ortho intramolecular Hbond substituents is 1. The van der Waals surface area contributed by atoms with Crippen LogP contribution in [0.2, 0.25) is 0 Å². The number of H-pyrrole nitrogens is 1. The predicted octanol–water partition coefficient (Wildman–Crippen LogP) is 5.19. The van der Waals surface area contributed by atoms with Crippen LogP contribution in [0.15, 0.2) is 48.7 Å². The van der Waals surface area contributed by atoms with Gasteiger partial charge in [0.15, 0.2) is 11.5 Å². The maximum atomic E-state index is 13.1. The van der Waals surface area contributed by atoms with Crippen molar-refractivity contribution in [2.24, 2.45) is 0 Å². The zero-order valence-corrected chi connectivity index (χ0v) is 17.1. The van der Waals surface area contributed by atoms with Gasteiger partial charge in [0.25, 0.3) is 0 Å². The van der Waals surface area contributed by atoms with Crippen molar-refractivity contribution < 1.29 is 23.0 Å². The van der Waals surface area contributed by atoms with E-state index in [1.54, 1.807) is 18.3 Å². The molecule has 0 amide bonds. The van der Waals surface area contributed by atoms with E-state index in [4.69, 9.17) is 4.74 Å². The van der Waals surface area contributed by atoms with Crippen molar-refractivity contribution in [3.8, 4) is 22.6 Å². The molecule has 0 spiro atoms. The van der Waals surface area contributed by atoms with Crippen LogP contribution in [0.1, 0.15) is 35.6 Å². The van der Waals surface area contributed by atoms with E-state index in [1.165, 1.54) is 19.2 Å². The van der Waals surface area contributed by atoms with E-state index in [-0.39, 0.29) is 11.7 Å². The van der Waals surface area contributed by atoms with Crippen LogP contribution in [-0.4, -0.2) is 40.4 Å². The van der Waals surface area contributed by atoms with E-state index >= 15 is 0 Å². The molecule has 1 aromatic heterocycles. The van der Waals surface area contributed by atoms with Crippen molar-refractivity contribution in [2.75, 3.05) is 20.2 Å². The zero-order valence-electron chi connectivity index (χ0n) is 17.1. The van der Waals surface area contributed by atoms with Gasteiger partial charge in [0.1, 0.15) is 0 Å². The number of likely N-dealkylation sites (tertiary alicyclic amines) is 1. The highest BCUT2D eigenvalue weighted by Gasteiger charge is 2.31. The first-order valence-corrected chi connectivity index (χ1v) is 10.1. The van der Waals surface area contributed by atoms with Crippen LogP contribution in [0.3, 0.4) is 0 Å². The van der Waals surface area contributed by atoms with Crippen LogP contribution in [0, 0.1) is 0 Å². The van der Waals surface area contributed by atoms with Gasteiger partial charge in [-0.25, -0.2) is 0 Å². The molecule has 2 aromatic carbocycles. The SMILES string of the molecule is COc1cc(CN2CCC[C@H](c3[nH]ncc3-c3cccc(C(F)(F)F)c3)C2)ccc1O. The Morgan fingerprint density at radius 2 is 2.06 bits per heavy atom. The molecule has 1 saturated heterocycles. The van der Waals surface area contributed by atoms with E-state index in [2.05, 4.69) is 15.1 Å². The van der Waals surface area contributed by atoms with Crippen LogP contribution in [-0.2, 0) is 12.7 Å². The molecule has 3 aromatic rings. The summed E-state index contributed by atoms with van der Waals surface area (Å²) in [4.78, 5) is 2.30. The van der Waals surface area contributed by atoms with Gasteiger partial charge in [-0.15, -0.1) is 0 Å².